The van der Waals surface area contributed by atoms with E-state index < -0.39 is 0 Å². The first kappa shape index (κ1) is 17.7. The molecule has 0 aliphatic carbocycles. The molecule has 1 heterocycles. The minimum atomic E-state index is -0.0791. The Morgan fingerprint density at radius 3 is 2.68 bits per heavy atom. The number of amides is 1. The van der Waals surface area contributed by atoms with Crippen LogP contribution in [0.1, 0.15) is 35.0 Å². The quantitative estimate of drug-likeness (QED) is 0.549. The molecule has 0 radical (unpaired) electrons. The van der Waals surface area contributed by atoms with Crippen LogP contribution in [0.5, 0.6) is 0 Å². The lowest BCUT2D eigenvalue weighted by atomic mass is 10.1. The molecule has 128 valence electrons. The summed E-state index contributed by atoms with van der Waals surface area (Å²) >= 11 is 3.22. The molecule has 3 rings (SSSR count). The van der Waals surface area contributed by atoms with Gasteiger partial charge in [-0.15, -0.1) is 23.1 Å². The number of nitrogens with zero attached hydrogens (tertiary/aromatic N) is 1. The number of aromatic nitrogens is 1. The molecule has 3 nitrogen and oxygen atoms in total. The Morgan fingerprint density at radius 1 is 1.16 bits per heavy atom. The standard InChI is InChI=1S/C20H20N2OS2/c1-2-5-15-8-10-16(11-9-15)22-20(23)18-6-3-4-7-19(18)25-13-17-12-24-14-21-17/h3-4,6-12,14H,2,5,13H2,1H3,(H,22,23). The van der Waals surface area contributed by atoms with Gasteiger partial charge in [-0.05, 0) is 36.2 Å². The molecule has 25 heavy (non-hydrogen) atoms. The second-order valence-corrected chi connectivity index (χ2v) is 7.40. The topological polar surface area (TPSA) is 42.0 Å². The highest BCUT2D eigenvalue weighted by atomic mass is 32.2. The molecule has 1 amide bonds. The predicted molar refractivity (Wildman–Crippen MR) is 107 cm³/mol. The maximum Gasteiger partial charge on any atom is 0.256 e. The molecular formula is C20H20N2OS2. The van der Waals surface area contributed by atoms with Crippen molar-refractivity contribution in [2.45, 2.75) is 30.4 Å². The van der Waals surface area contributed by atoms with Crippen LogP contribution in [0.4, 0.5) is 5.69 Å². The molecule has 3 aromatic rings. The third-order valence-electron chi connectivity index (χ3n) is 3.74. The smallest absolute Gasteiger partial charge is 0.256 e. The zero-order chi connectivity index (χ0) is 17.5. The van der Waals surface area contributed by atoms with Crippen molar-refractivity contribution in [3.8, 4) is 0 Å². The van der Waals surface area contributed by atoms with Gasteiger partial charge < -0.3 is 5.32 Å². The maximum atomic E-state index is 12.7. The highest BCUT2D eigenvalue weighted by Gasteiger charge is 2.12. The summed E-state index contributed by atoms with van der Waals surface area (Å²) in [7, 11) is 0. The summed E-state index contributed by atoms with van der Waals surface area (Å²) in [5, 5.41) is 5.03. The van der Waals surface area contributed by atoms with Crippen molar-refractivity contribution in [2.75, 3.05) is 5.32 Å². The van der Waals surface area contributed by atoms with Crippen LogP contribution < -0.4 is 5.32 Å². The van der Waals surface area contributed by atoms with E-state index in [0.717, 1.165) is 34.9 Å². The Balaban J connectivity index is 1.69. The molecule has 0 atom stereocenters. The SMILES string of the molecule is CCCc1ccc(NC(=O)c2ccccc2SCc2cscn2)cc1. The van der Waals surface area contributed by atoms with Crippen LogP contribution in [0.25, 0.3) is 0 Å². The van der Waals surface area contributed by atoms with Gasteiger partial charge in [0.25, 0.3) is 5.91 Å². The largest absolute Gasteiger partial charge is 0.322 e. The van der Waals surface area contributed by atoms with Crippen molar-refractivity contribution >= 4 is 34.7 Å². The van der Waals surface area contributed by atoms with Crippen LogP contribution in [-0.2, 0) is 12.2 Å². The molecule has 0 unspecified atom stereocenters. The van der Waals surface area contributed by atoms with E-state index in [9.17, 15) is 4.79 Å². The van der Waals surface area contributed by atoms with Crippen LogP contribution in [-0.4, -0.2) is 10.9 Å². The summed E-state index contributed by atoms with van der Waals surface area (Å²) in [5.41, 5.74) is 5.68. The van der Waals surface area contributed by atoms with Crippen molar-refractivity contribution in [2.24, 2.45) is 0 Å². The Kier molecular flexibility index (Phi) is 6.25. The van der Waals surface area contributed by atoms with Crippen LogP contribution in [0.15, 0.2) is 64.3 Å². The Bertz CT molecular complexity index is 814. The van der Waals surface area contributed by atoms with Gasteiger partial charge in [0.05, 0.1) is 16.8 Å². The molecule has 0 aliphatic heterocycles. The van der Waals surface area contributed by atoms with E-state index in [1.54, 1.807) is 23.1 Å². The summed E-state index contributed by atoms with van der Waals surface area (Å²) in [4.78, 5) is 17.9. The molecule has 2 aromatic carbocycles. The number of carbonyl (C=O) groups excluding carboxylic acids is 1. The Labute approximate surface area is 156 Å². The molecular weight excluding hydrogens is 348 g/mol. The number of thioether (sulfide) groups is 1. The van der Waals surface area contributed by atoms with Gasteiger partial charge in [-0.25, -0.2) is 4.98 Å². The third-order valence-corrected chi connectivity index (χ3v) is 5.48. The summed E-state index contributed by atoms with van der Waals surface area (Å²) in [5.74, 6) is 0.684. The monoisotopic (exact) mass is 368 g/mol. The lowest BCUT2D eigenvalue weighted by Gasteiger charge is -2.10. The molecule has 0 bridgehead atoms. The number of hydrogen-bond acceptors (Lipinski definition) is 4. The third kappa shape index (κ3) is 4.94. The van der Waals surface area contributed by atoms with E-state index in [-0.39, 0.29) is 5.91 Å². The molecule has 0 spiro atoms. The van der Waals surface area contributed by atoms with Gasteiger partial charge in [0.15, 0.2) is 0 Å². The Hall–Kier alpha value is -2.11. The van der Waals surface area contributed by atoms with E-state index in [0.29, 0.717) is 5.56 Å². The van der Waals surface area contributed by atoms with Crippen molar-refractivity contribution in [3.05, 3.63) is 76.2 Å². The highest BCUT2D eigenvalue weighted by molar-refractivity contribution is 7.98. The van der Waals surface area contributed by atoms with Crippen molar-refractivity contribution < 1.29 is 4.79 Å². The predicted octanol–water partition coefficient (Wildman–Crippen LogP) is 5.64. The van der Waals surface area contributed by atoms with Crippen LogP contribution >= 0.6 is 23.1 Å². The van der Waals surface area contributed by atoms with Gasteiger partial charge in [0.1, 0.15) is 0 Å². The van der Waals surface area contributed by atoms with Gasteiger partial charge >= 0.3 is 0 Å². The minimum Gasteiger partial charge on any atom is -0.322 e. The summed E-state index contributed by atoms with van der Waals surface area (Å²) < 4.78 is 0. The normalized spacial score (nSPS) is 10.6. The molecule has 1 N–H and O–H groups in total. The molecule has 0 saturated heterocycles. The number of benzene rings is 2. The van der Waals surface area contributed by atoms with Gasteiger partial charge in [-0.2, -0.15) is 0 Å². The molecule has 0 saturated carbocycles. The van der Waals surface area contributed by atoms with E-state index in [2.05, 4.69) is 29.4 Å². The van der Waals surface area contributed by atoms with Crippen molar-refractivity contribution in [3.63, 3.8) is 0 Å². The zero-order valence-electron chi connectivity index (χ0n) is 14.1. The van der Waals surface area contributed by atoms with E-state index in [4.69, 9.17) is 0 Å². The molecule has 0 fully saturated rings. The summed E-state index contributed by atoms with van der Waals surface area (Å²) in [6, 6.07) is 15.8. The number of hydrogen-bond donors (Lipinski definition) is 1. The maximum absolute atomic E-state index is 12.7. The number of rotatable bonds is 7. The first-order valence-electron chi connectivity index (χ1n) is 8.25. The number of thiazole rings is 1. The van der Waals surface area contributed by atoms with Crippen molar-refractivity contribution in [1.82, 2.24) is 4.98 Å². The lowest BCUT2D eigenvalue weighted by molar-refractivity contribution is 0.102. The minimum absolute atomic E-state index is 0.0791. The fourth-order valence-electron chi connectivity index (χ4n) is 2.48. The molecule has 5 heteroatoms. The van der Waals surface area contributed by atoms with Gasteiger partial charge in [0.2, 0.25) is 0 Å². The van der Waals surface area contributed by atoms with Crippen LogP contribution in [0.3, 0.4) is 0 Å². The van der Waals surface area contributed by atoms with E-state index in [1.165, 1.54) is 5.56 Å². The fourth-order valence-corrected chi connectivity index (χ4v) is 4.10. The first-order valence-corrected chi connectivity index (χ1v) is 10.2. The van der Waals surface area contributed by atoms with E-state index >= 15 is 0 Å². The first-order chi connectivity index (χ1) is 12.3. The van der Waals surface area contributed by atoms with Crippen molar-refractivity contribution in [1.29, 1.82) is 0 Å². The van der Waals surface area contributed by atoms with Crippen LogP contribution in [0.2, 0.25) is 0 Å². The van der Waals surface area contributed by atoms with Gasteiger partial charge in [0, 0.05) is 21.7 Å². The summed E-state index contributed by atoms with van der Waals surface area (Å²) in [6.45, 7) is 2.16. The second-order valence-electron chi connectivity index (χ2n) is 5.67. The molecule has 0 aliphatic rings. The average molecular weight is 369 g/mol. The fraction of sp³-hybridized carbons (Fsp3) is 0.200. The average Bonchev–Trinajstić information content (AvgIpc) is 3.16. The van der Waals surface area contributed by atoms with Gasteiger partial charge in [-0.1, -0.05) is 37.6 Å². The number of anilines is 1. The molecule has 1 aromatic heterocycles. The number of carbonyl (C=O) groups is 1. The number of nitrogens with one attached hydrogen (secondary N) is 1. The van der Waals surface area contributed by atoms with Crippen LogP contribution in [0, 0.1) is 0 Å². The summed E-state index contributed by atoms with van der Waals surface area (Å²) in [6.07, 6.45) is 2.18. The lowest BCUT2D eigenvalue weighted by Crippen LogP contribution is -2.13. The Morgan fingerprint density at radius 2 is 1.96 bits per heavy atom. The highest BCUT2D eigenvalue weighted by Crippen LogP contribution is 2.27. The van der Waals surface area contributed by atoms with E-state index in [1.807, 2.05) is 47.3 Å². The zero-order valence-corrected chi connectivity index (χ0v) is 15.7. The second kappa shape index (κ2) is 8.83. The number of aryl methyl sites for hydroxylation is 1. The van der Waals surface area contributed by atoms with Gasteiger partial charge in [-0.3, -0.25) is 4.79 Å².